The van der Waals surface area contributed by atoms with Crippen molar-refractivity contribution in [2.45, 2.75) is 57.1 Å². The number of rotatable bonds is 16. The van der Waals surface area contributed by atoms with Crippen molar-refractivity contribution < 1.29 is 51.8 Å². The van der Waals surface area contributed by atoms with Crippen molar-refractivity contribution >= 4 is 23.4 Å². The summed E-state index contributed by atoms with van der Waals surface area (Å²) in [7, 11) is -1.55. The molecule has 0 heterocycles. The average molecular weight is 459 g/mol. The summed E-state index contributed by atoms with van der Waals surface area (Å²) in [5, 5.41) is 40.1. The Kier molecular flexibility index (Phi) is 12.1. The van der Waals surface area contributed by atoms with Crippen molar-refractivity contribution in [3.8, 4) is 0 Å². The van der Waals surface area contributed by atoms with Gasteiger partial charge in [0.05, 0.1) is 0 Å². The summed E-state index contributed by atoms with van der Waals surface area (Å²) >= 11 is 0. The molecule has 0 aromatic rings. The van der Waals surface area contributed by atoms with Crippen LogP contribution in [0.4, 0.5) is 0 Å². The summed E-state index contributed by atoms with van der Waals surface area (Å²) in [5.74, 6) is -7.16. The maximum absolute atomic E-state index is 12.1. The molecule has 0 aliphatic rings. The van der Waals surface area contributed by atoms with Crippen molar-refractivity contribution in [3.63, 3.8) is 0 Å². The first-order valence-corrected chi connectivity index (χ1v) is 13.0. The lowest BCUT2D eigenvalue weighted by Gasteiger charge is -2.32. The monoisotopic (exact) mass is 458 g/mol. The molecule has 0 bridgehead atoms. The first-order valence-electron chi connectivity index (χ1n) is 9.12. The zero-order valence-corrected chi connectivity index (χ0v) is 19.8. The minimum Gasteiger partial charge on any atom is -0.377 e. The second-order valence-corrected chi connectivity index (χ2v) is 12.0. The molecule has 0 aliphatic heterocycles. The van der Waals surface area contributed by atoms with Gasteiger partial charge in [0.25, 0.3) is 5.97 Å². The van der Waals surface area contributed by atoms with E-state index in [1.165, 1.54) is 28.4 Å². The lowest BCUT2D eigenvalue weighted by molar-refractivity contribution is -0.308. The molecule has 0 aliphatic carbocycles. The van der Waals surface area contributed by atoms with E-state index in [2.05, 4.69) is 0 Å². The van der Waals surface area contributed by atoms with Gasteiger partial charge in [0.2, 0.25) is 5.78 Å². The highest BCUT2D eigenvalue weighted by atomic mass is 28.4. The van der Waals surface area contributed by atoms with Gasteiger partial charge < -0.3 is 47.0 Å². The van der Waals surface area contributed by atoms with Gasteiger partial charge in [-0.1, -0.05) is 32.8 Å². The SMILES string of the molecule is CCC[Si](OC)(OC)OC(O)(O)C/C=C/C(=O)C(O)(O)O[Si](CCC)(OC)OC. The summed E-state index contributed by atoms with van der Waals surface area (Å²) < 4.78 is 31.0. The lowest BCUT2D eigenvalue weighted by Crippen LogP contribution is -2.55. The van der Waals surface area contributed by atoms with Gasteiger partial charge in [-0.2, -0.15) is 0 Å². The van der Waals surface area contributed by atoms with Crippen LogP contribution in [0.3, 0.4) is 0 Å². The number of hydrogen-bond donors (Lipinski definition) is 4. The van der Waals surface area contributed by atoms with Gasteiger partial charge in [0.1, 0.15) is 0 Å². The summed E-state index contributed by atoms with van der Waals surface area (Å²) in [6.07, 6.45) is 2.32. The van der Waals surface area contributed by atoms with Crippen molar-refractivity contribution in [2.24, 2.45) is 0 Å². The number of hydrogen-bond acceptors (Lipinski definition) is 11. The number of ketones is 1. The van der Waals surface area contributed by atoms with Crippen LogP contribution in [0, 0.1) is 0 Å². The molecule has 0 unspecified atom stereocenters. The van der Waals surface area contributed by atoms with E-state index in [9.17, 15) is 25.2 Å². The van der Waals surface area contributed by atoms with Crippen LogP contribution in [0.15, 0.2) is 12.2 Å². The van der Waals surface area contributed by atoms with Crippen LogP contribution in [0.25, 0.3) is 0 Å². The normalized spacial score (nSPS) is 14.0. The quantitative estimate of drug-likeness (QED) is 0.141. The Labute approximate surface area is 173 Å². The van der Waals surface area contributed by atoms with E-state index in [0.717, 1.165) is 12.2 Å². The van der Waals surface area contributed by atoms with Crippen LogP contribution in [0.1, 0.15) is 33.1 Å². The molecule has 0 aromatic heterocycles. The molecule has 11 nitrogen and oxygen atoms in total. The summed E-state index contributed by atoms with van der Waals surface area (Å²) in [4.78, 5) is 12.1. The molecule has 4 N–H and O–H groups in total. The van der Waals surface area contributed by atoms with Gasteiger partial charge >= 0.3 is 23.6 Å². The topological polar surface area (TPSA) is 153 Å². The molecular weight excluding hydrogens is 424 g/mol. The zero-order chi connectivity index (χ0) is 22.8. The van der Waals surface area contributed by atoms with Crippen LogP contribution in [0.5, 0.6) is 0 Å². The highest BCUT2D eigenvalue weighted by molar-refractivity contribution is 6.61. The Balaban J connectivity index is 5.14. The summed E-state index contributed by atoms with van der Waals surface area (Å²) in [5.41, 5.74) is 0. The van der Waals surface area contributed by atoms with E-state index in [0.29, 0.717) is 18.9 Å². The predicted octanol–water partition coefficient (Wildman–Crippen LogP) is 0.0952. The second kappa shape index (κ2) is 12.3. The maximum Gasteiger partial charge on any atom is 0.504 e. The molecule has 0 saturated carbocycles. The molecule has 0 radical (unpaired) electrons. The molecular formula is C16H34O11Si2. The molecule has 0 fully saturated rings. The Bertz CT molecular complexity index is 517. The van der Waals surface area contributed by atoms with E-state index in [4.69, 9.17) is 26.6 Å². The van der Waals surface area contributed by atoms with Crippen LogP contribution >= 0.6 is 0 Å². The van der Waals surface area contributed by atoms with Gasteiger partial charge in [0, 0.05) is 46.9 Å². The van der Waals surface area contributed by atoms with Crippen molar-refractivity contribution in [1.29, 1.82) is 0 Å². The fourth-order valence-electron chi connectivity index (χ4n) is 2.44. The molecule has 0 saturated heterocycles. The van der Waals surface area contributed by atoms with Crippen molar-refractivity contribution in [1.82, 2.24) is 0 Å². The second-order valence-electron chi connectivity index (χ2n) is 6.21. The van der Waals surface area contributed by atoms with Gasteiger partial charge in [-0.3, -0.25) is 4.79 Å². The highest BCUT2D eigenvalue weighted by Gasteiger charge is 2.49. The summed E-state index contributed by atoms with van der Waals surface area (Å²) in [6.45, 7) is 3.66. The third kappa shape index (κ3) is 8.99. The molecule has 0 amide bonds. The third-order valence-corrected chi connectivity index (χ3v) is 9.89. The molecule has 0 rings (SSSR count). The molecule has 172 valence electrons. The molecule has 0 aromatic carbocycles. The van der Waals surface area contributed by atoms with E-state index >= 15 is 0 Å². The molecule has 29 heavy (non-hydrogen) atoms. The number of carbonyl (C=O) groups excluding carboxylic acids is 1. The molecule has 0 atom stereocenters. The Morgan fingerprint density at radius 3 is 1.62 bits per heavy atom. The van der Waals surface area contributed by atoms with E-state index < -0.39 is 41.8 Å². The van der Waals surface area contributed by atoms with Crippen LogP contribution in [-0.2, 0) is 31.4 Å². The van der Waals surface area contributed by atoms with Gasteiger partial charge in [-0.05, 0) is 6.08 Å². The van der Waals surface area contributed by atoms with Crippen LogP contribution in [0.2, 0.25) is 12.1 Å². The Morgan fingerprint density at radius 2 is 1.24 bits per heavy atom. The van der Waals surface area contributed by atoms with Crippen molar-refractivity contribution in [3.05, 3.63) is 12.2 Å². The van der Waals surface area contributed by atoms with E-state index in [1.807, 2.05) is 13.8 Å². The minimum absolute atomic E-state index is 0.252. The standard InChI is InChI=1S/C16H34O11Si2/c1-7-12-28(22-3,23-4)26-15(18,19)11-9-10-14(17)16(20,21)27-29(24-5,25-6)13-8-2/h9-10,18-21H,7-8,11-13H2,1-6H3/b10-9+. The fraction of sp³-hybridized carbons (Fsp3) is 0.812. The summed E-state index contributed by atoms with van der Waals surface area (Å²) in [6, 6.07) is 0.593. The molecule has 0 spiro atoms. The van der Waals surface area contributed by atoms with Crippen LogP contribution < -0.4 is 0 Å². The van der Waals surface area contributed by atoms with Gasteiger partial charge in [-0.15, -0.1) is 0 Å². The zero-order valence-electron chi connectivity index (χ0n) is 17.8. The van der Waals surface area contributed by atoms with Crippen molar-refractivity contribution in [2.75, 3.05) is 28.4 Å². The Hall–Kier alpha value is -0.556. The lowest BCUT2D eigenvalue weighted by atomic mass is 10.2. The average Bonchev–Trinajstić information content (AvgIpc) is 2.66. The van der Waals surface area contributed by atoms with Gasteiger partial charge in [-0.25, -0.2) is 0 Å². The van der Waals surface area contributed by atoms with Crippen LogP contribution in [-0.4, -0.2) is 84.2 Å². The minimum atomic E-state index is -3.47. The maximum atomic E-state index is 12.1. The predicted molar refractivity (Wildman–Crippen MR) is 105 cm³/mol. The third-order valence-electron chi connectivity index (χ3n) is 3.95. The first kappa shape index (κ1) is 28.4. The highest BCUT2D eigenvalue weighted by Crippen LogP contribution is 2.24. The number of aliphatic hydroxyl groups is 4. The fourth-order valence-corrected chi connectivity index (χ4v) is 6.47. The smallest absolute Gasteiger partial charge is 0.377 e. The van der Waals surface area contributed by atoms with Gasteiger partial charge in [0.15, 0.2) is 0 Å². The largest absolute Gasteiger partial charge is 0.504 e. The van der Waals surface area contributed by atoms with E-state index in [-0.39, 0.29) is 6.04 Å². The number of carbonyl (C=O) groups is 1. The van der Waals surface area contributed by atoms with E-state index in [1.54, 1.807) is 0 Å². The first-order chi connectivity index (χ1) is 13.4. The Morgan fingerprint density at radius 1 is 0.828 bits per heavy atom. The molecule has 13 heteroatoms.